The molecular formula is C45H78N2O14. The highest BCUT2D eigenvalue weighted by Crippen LogP contribution is 2.41. The molecule has 5 N–H and O–H groups in total. The molecule has 1 aromatic carbocycles. The van der Waals surface area contributed by atoms with Crippen LogP contribution in [-0.2, 0) is 33.2 Å². The van der Waals surface area contributed by atoms with Gasteiger partial charge in [-0.2, -0.15) is 0 Å². The molecule has 3 aliphatic rings. The number of likely N-dealkylation sites (N-methyl/N-ethyl adjacent to an activating group) is 2. The van der Waals surface area contributed by atoms with Crippen LogP contribution in [0.25, 0.3) is 0 Å². The summed E-state index contributed by atoms with van der Waals surface area (Å²) in [5, 5.41) is 50.8. The highest BCUT2D eigenvalue weighted by atomic mass is 16.7. The van der Waals surface area contributed by atoms with Crippen LogP contribution in [0.5, 0.6) is 17.2 Å². The van der Waals surface area contributed by atoms with Gasteiger partial charge in [0.25, 0.3) is 0 Å². The van der Waals surface area contributed by atoms with Crippen LogP contribution in [0.15, 0.2) is 18.2 Å². The Balaban J connectivity index is 1.87. The summed E-state index contributed by atoms with van der Waals surface area (Å²) in [6.45, 7) is 18.2. The molecule has 1 aromatic rings. The number of methoxy groups -OCH3 is 3. The number of hydrogen-bond acceptors (Lipinski definition) is 16. The van der Waals surface area contributed by atoms with E-state index in [0.717, 1.165) is 0 Å². The molecule has 0 aromatic heterocycles. The Labute approximate surface area is 363 Å². The Bertz CT molecular complexity index is 1550. The lowest BCUT2D eigenvalue weighted by molar-refractivity contribution is -0.314. The second-order valence-corrected chi connectivity index (χ2v) is 18.6. The summed E-state index contributed by atoms with van der Waals surface area (Å²) in [5.74, 6) is -1.16. The zero-order valence-corrected chi connectivity index (χ0v) is 39.2. The average molecular weight is 871 g/mol. The van der Waals surface area contributed by atoms with E-state index in [2.05, 4.69) is 5.32 Å². The summed E-state index contributed by atoms with van der Waals surface area (Å²) in [4.78, 5) is 16.4. The molecule has 16 nitrogen and oxygen atoms in total. The number of benzene rings is 1. The average Bonchev–Trinajstić information content (AvgIpc) is 3.21. The van der Waals surface area contributed by atoms with E-state index in [1.165, 1.54) is 14.0 Å². The van der Waals surface area contributed by atoms with E-state index in [1.807, 2.05) is 46.7 Å². The molecule has 0 aliphatic carbocycles. The van der Waals surface area contributed by atoms with Crippen molar-refractivity contribution in [2.45, 2.75) is 185 Å². The van der Waals surface area contributed by atoms with Crippen molar-refractivity contribution in [3.8, 4) is 17.2 Å². The third-order valence-corrected chi connectivity index (χ3v) is 13.5. The molecule has 0 saturated carbocycles. The van der Waals surface area contributed by atoms with Gasteiger partial charge in [-0.1, -0.05) is 20.8 Å². The third kappa shape index (κ3) is 11.7. The number of hydrogen-bond donors (Lipinski definition) is 5. The van der Waals surface area contributed by atoms with Crippen molar-refractivity contribution in [3.05, 3.63) is 18.2 Å². The van der Waals surface area contributed by atoms with Crippen molar-refractivity contribution >= 4 is 5.97 Å². The number of rotatable bonds is 11. The topological polar surface area (TPSA) is 196 Å². The minimum atomic E-state index is -1.82. The predicted octanol–water partition coefficient (Wildman–Crippen LogP) is 3.66. The van der Waals surface area contributed by atoms with E-state index >= 15 is 0 Å². The first-order valence-electron chi connectivity index (χ1n) is 21.9. The van der Waals surface area contributed by atoms with Crippen molar-refractivity contribution < 1.29 is 67.9 Å². The van der Waals surface area contributed by atoms with Gasteiger partial charge >= 0.3 is 5.97 Å². The van der Waals surface area contributed by atoms with Gasteiger partial charge in [0.2, 0.25) is 0 Å². The van der Waals surface area contributed by atoms with Crippen molar-refractivity contribution in [1.29, 1.82) is 0 Å². The Morgan fingerprint density at radius 1 is 0.902 bits per heavy atom. The molecular weight excluding hydrogens is 792 g/mol. The first-order valence-corrected chi connectivity index (χ1v) is 21.9. The van der Waals surface area contributed by atoms with E-state index in [-0.39, 0.29) is 37.3 Å². The van der Waals surface area contributed by atoms with Crippen LogP contribution in [-0.4, -0.2) is 164 Å². The van der Waals surface area contributed by atoms with Crippen LogP contribution in [0.2, 0.25) is 0 Å². The number of carbonyl (C=O) groups excluding carboxylic acids is 1. The maximum atomic E-state index is 14.5. The standard InChI is InChI=1S/C45H78N2O14/c1-16-34-45(10,52)38(48)28(6)47(12)23-24(2)21-43(8,51)40(26(4)36(27(5)41(50)59-34)60-35-22-44(9,55-15)39(49)29(7)57-35)61-42-37(31(46-11)19-25(3)56-42)58-30-17-18-32(53-13)33(20-30)54-14/h17-18,20,24-29,31,34-40,42,46,48-49,51-52H,16,19,21-23H2,1-15H3/t24-,25-,26+,27-,28-,29+,31+,34-,35+,36+,37-,38-,39+,40-,42+,43-,44-,45-/m1/s1. The highest BCUT2D eigenvalue weighted by molar-refractivity contribution is 5.73. The SMILES string of the molecule is CC[C@H]1OC(=O)[C@H](C)[C@@H](O[C@H]2C[C@@](C)(OC)[C@@H](O)[C@H](C)O2)[C@H](C)[C@@H](O[C@@H]2O[C@H](C)C[C@H](NC)[C@H]2Oc2ccc(OC)c(OC)c2)[C@](C)(O)C[C@@H](C)CN(C)[C@H](C)[C@@H](O)[C@]1(C)O. The number of aliphatic hydroxyl groups is 4. The maximum absolute atomic E-state index is 14.5. The number of aliphatic hydroxyl groups excluding tert-OH is 2. The Morgan fingerprint density at radius 2 is 1.56 bits per heavy atom. The third-order valence-electron chi connectivity index (χ3n) is 13.5. The molecule has 61 heavy (non-hydrogen) atoms. The van der Waals surface area contributed by atoms with Crippen LogP contribution >= 0.6 is 0 Å². The summed E-state index contributed by atoms with van der Waals surface area (Å²) >= 11 is 0. The van der Waals surface area contributed by atoms with E-state index < -0.39 is 96.0 Å². The molecule has 3 fully saturated rings. The van der Waals surface area contributed by atoms with Crippen LogP contribution < -0.4 is 19.5 Å². The van der Waals surface area contributed by atoms with Crippen LogP contribution in [0.3, 0.4) is 0 Å². The summed E-state index contributed by atoms with van der Waals surface area (Å²) in [7, 11) is 8.32. The molecule has 0 unspecified atom stereocenters. The summed E-state index contributed by atoms with van der Waals surface area (Å²) in [6.07, 6.45) is -7.98. The number of carbonyl (C=O) groups is 1. The second kappa shape index (κ2) is 21.1. The molecule has 0 radical (unpaired) electrons. The molecule has 3 aliphatic heterocycles. The van der Waals surface area contributed by atoms with Gasteiger partial charge in [-0.15, -0.1) is 0 Å². The summed E-state index contributed by atoms with van der Waals surface area (Å²) in [5.41, 5.74) is -4.45. The lowest BCUT2D eigenvalue weighted by atomic mass is 9.77. The Kier molecular flexibility index (Phi) is 17.7. The van der Waals surface area contributed by atoms with Crippen LogP contribution in [0.1, 0.15) is 94.9 Å². The molecule has 3 saturated heterocycles. The van der Waals surface area contributed by atoms with Gasteiger partial charge in [-0.05, 0) is 99.9 Å². The van der Waals surface area contributed by atoms with Crippen molar-refractivity contribution in [2.24, 2.45) is 17.8 Å². The Hall–Kier alpha value is -2.35. The summed E-state index contributed by atoms with van der Waals surface area (Å²) in [6, 6.07) is 4.45. The Morgan fingerprint density at radius 3 is 2.15 bits per heavy atom. The van der Waals surface area contributed by atoms with Gasteiger partial charge < -0.3 is 73.3 Å². The van der Waals surface area contributed by atoms with Gasteiger partial charge in [0.15, 0.2) is 30.2 Å². The summed E-state index contributed by atoms with van der Waals surface area (Å²) < 4.78 is 56.4. The van der Waals surface area contributed by atoms with Gasteiger partial charge in [-0.3, -0.25) is 4.79 Å². The number of cyclic esters (lactones) is 1. The van der Waals surface area contributed by atoms with Gasteiger partial charge in [0.1, 0.15) is 29.7 Å². The van der Waals surface area contributed by atoms with Crippen molar-refractivity contribution in [2.75, 3.05) is 42.0 Å². The van der Waals surface area contributed by atoms with E-state index in [1.54, 1.807) is 67.0 Å². The zero-order valence-electron chi connectivity index (χ0n) is 39.2. The smallest absolute Gasteiger partial charge is 0.311 e. The molecule has 18 atom stereocenters. The fourth-order valence-electron chi connectivity index (χ4n) is 9.70. The molecule has 352 valence electrons. The fourth-order valence-corrected chi connectivity index (χ4v) is 9.70. The first kappa shape index (κ1) is 51.3. The lowest BCUT2D eigenvalue weighted by Crippen LogP contribution is -2.61. The number of ether oxygens (including phenoxy) is 9. The van der Waals surface area contributed by atoms with Gasteiger partial charge in [-0.25, -0.2) is 0 Å². The monoisotopic (exact) mass is 871 g/mol. The van der Waals surface area contributed by atoms with Crippen molar-refractivity contribution in [3.63, 3.8) is 0 Å². The van der Waals surface area contributed by atoms with Gasteiger partial charge in [0, 0.05) is 38.1 Å². The predicted molar refractivity (Wildman–Crippen MR) is 228 cm³/mol. The lowest BCUT2D eigenvalue weighted by Gasteiger charge is -2.48. The number of nitrogens with one attached hydrogen (secondary N) is 1. The van der Waals surface area contributed by atoms with Gasteiger partial charge in [0.05, 0.1) is 61.8 Å². The number of nitrogens with zero attached hydrogens (tertiary/aromatic N) is 1. The number of esters is 1. The zero-order chi connectivity index (χ0) is 45.8. The van der Waals surface area contributed by atoms with E-state index in [9.17, 15) is 25.2 Å². The molecule has 3 heterocycles. The van der Waals surface area contributed by atoms with Crippen LogP contribution in [0, 0.1) is 17.8 Å². The molecule has 4 rings (SSSR count). The minimum Gasteiger partial charge on any atom is -0.493 e. The highest BCUT2D eigenvalue weighted by Gasteiger charge is 2.53. The van der Waals surface area contributed by atoms with Crippen molar-refractivity contribution in [1.82, 2.24) is 10.2 Å². The largest absolute Gasteiger partial charge is 0.493 e. The van der Waals surface area contributed by atoms with E-state index in [0.29, 0.717) is 30.2 Å². The quantitative estimate of drug-likeness (QED) is 0.202. The van der Waals surface area contributed by atoms with E-state index in [4.69, 9.17) is 42.6 Å². The minimum absolute atomic E-state index is 0.121. The fraction of sp³-hybridized carbons (Fsp3) is 0.844. The normalized spacial score (nSPS) is 43.7. The molecule has 16 heteroatoms. The molecule has 0 spiro atoms. The molecule has 0 bridgehead atoms. The first-order chi connectivity index (χ1) is 28.5. The molecule has 0 amide bonds. The second-order valence-electron chi connectivity index (χ2n) is 18.6. The van der Waals surface area contributed by atoms with Crippen LogP contribution in [0.4, 0.5) is 0 Å². The maximum Gasteiger partial charge on any atom is 0.311 e.